The van der Waals surface area contributed by atoms with E-state index >= 15 is 0 Å². The summed E-state index contributed by atoms with van der Waals surface area (Å²) in [6, 6.07) is 1.63. The van der Waals surface area contributed by atoms with Gasteiger partial charge in [0.1, 0.15) is 17.9 Å². The predicted molar refractivity (Wildman–Crippen MR) is 108 cm³/mol. The standard InChI is InChI=1S/C21H27FN4O4/c1-11-7-20(3,4)10-21(8-11)18(29)26(19(30)25-21)9-16(27)24-15-6-13(17(23)28)5-14(22)12(15)2/h5-6,11H,7-10H2,1-4H3,(H2,23,28)(H,24,27)(H,25,30). The van der Waals surface area contributed by atoms with E-state index in [-0.39, 0.29) is 28.1 Å². The molecular formula is C21H27FN4O4. The van der Waals surface area contributed by atoms with Crippen molar-refractivity contribution in [1.29, 1.82) is 0 Å². The number of urea groups is 1. The average Bonchev–Trinajstić information content (AvgIpc) is 2.80. The number of halogens is 1. The van der Waals surface area contributed by atoms with Gasteiger partial charge in [-0.3, -0.25) is 19.3 Å². The maximum Gasteiger partial charge on any atom is 0.325 e. The molecule has 5 amide bonds. The third-order valence-corrected chi connectivity index (χ3v) is 5.83. The summed E-state index contributed by atoms with van der Waals surface area (Å²) < 4.78 is 14.0. The highest BCUT2D eigenvalue weighted by Crippen LogP contribution is 2.46. The van der Waals surface area contributed by atoms with E-state index < -0.39 is 41.7 Å². The molecule has 1 saturated heterocycles. The summed E-state index contributed by atoms with van der Waals surface area (Å²) in [7, 11) is 0. The number of imide groups is 1. The molecule has 1 heterocycles. The van der Waals surface area contributed by atoms with Gasteiger partial charge in [0.15, 0.2) is 0 Å². The minimum absolute atomic E-state index is 0.0583. The van der Waals surface area contributed by atoms with E-state index in [1.54, 1.807) is 0 Å². The van der Waals surface area contributed by atoms with Crippen LogP contribution in [-0.4, -0.2) is 40.7 Å². The van der Waals surface area contributed by atoms with E-state index in [2.05, 4.69) is 24.5 Å². The lowest BCUT2D eigenvalue weighted by atomic mass is 9.64. The van der Waals surface area contributed by atoms with Crippen molar-refractivity contribution in [1.82, 2.24) is 10.2 Å². The summed E-state index contributed by atoms with van der Waals surface area (Å²) in [5.41, 5.74) is 4.14. The fourth-order valence-electron chi connectivity index (χ4n) is 4.93. The Morgan fingerprint density at radius 3 is 2.57 bits per heavy atom. The second kappa shape index (κ2) is 7.37. The van der Waals surface area contributed by atoms with Crippen molar-refractivity contribution in [2.24, 2.45) is 17.1 Å². The van der Waals surface area contributed by atoms with Gasteiger partial charge in [0, 0.05) is 16.8 Å². The van der Waals surface area contributed by atoms with Crippen LogP contribution in [0.15, 0.2) is 12.1 Å². The first-order valence-corrected chi connectivity index (χ1v) is 9.87. The number of carbonyl (C=O) groups is 4. The van der Waals surface area contributed by atoms with Gasteiger partial charge in [-0.05, 0) is 49.7 Å². The summed E-state index contributed by atoms with van der Waals surface area (Å²) in [6.45, 7) is 7.08. The first-order valence-electron chi connectivity index (χ1n) is 9.87. The molecule has 3 rings (SSSR count). The number of anilines is 1. The third-order valence-electron chi connectivity index (χ3n) is 5.83. The SMILES string of the molecule is Cc1c(F)cc(C(N)=O)cc1NC(=O)CN1C(=O)NC2(CC(C)CC(C)(C)C2)C1=O. The Morgan fingerprint density at radius 2 is 1.97 bits per heavy atom. The topological polar surface area (TPSA) is 122 Å². The van der Waals surface area contributed by atoms with Crippen molar-refractivity contribution < 1.29 is 23.6 Å². The third kappa shape index (κ3) is 4.01. The van der Waals surface area contributed by atoms with Crippen molar-refractivity contribution >= 4 is 29.4 Å². The number of hydrogen-bond acceptors (Lipinski definition) is 4. The largest absolute Gasteiger partial charge is 0.366 e. The van der Waals surface area contributed by atoms with Crippen molar-refractivity contribution in [2.45, 2.75) is 52.5 Å². The minimum Gasteiger partial charge on any atom is -0.366 e. The number of rotatable bonds is 4. The molecule has 1 saturated carbocycles. The van der Waals surface area contributed by atoms with Gasteiger partial charge >= 0.3 is 6.03 Å². The van der Waals surface area contributed by atoms with Crippen LogP contribution >= 0.6 is 0 Å². The molecule has 9 heteroatoms. The van der Waals surface area contributed by atoms with Gasteiger partial charge in [0.2, 0.25) is 11.8 Å². The lowest BCUT2D eigenvalue weighted by Crippen LogP contribution is -2.54. The molecule has 1 spiro atoms. The van der Waals surface area contributed by atoms with Gasteiger partial charge in [0.25, 0.3) is 5.91 Å². The maximum atomic E-state index is 14.0. The van der Waals surface area contributed by atoms with Gasteiger partial charge in [0.05, 0.1) is 0 Å². The summed E-state index contributed by atoms with van der Waals surface area (Å²) in [5.74, 6) is -2.39. The number of carbonyl (C=O) groups excluding carboxylic acids is 4. The molecule has 1 aliphatic carbocycles. The summed E-state index contributed by atoms with van der Waals surface area (Å²) in [4.78, 5) is 50.4. The van der Waals surface area contributed by atoms with Crippen LogP contribution in [0, 0.1) is 24.1 Å². The molecule has 0 radical (unpaired) electrons. The van der Waals surface area contributed by atoms with Crippen molar-refractivity contribution in [2.75, 3.05) is 11.9 Å². The van der Waals surface area contributed by atoms with Crippen LogP contribution in [0.3, 0.4) is 0 Å². The molecule has 2 atom stereocenters. The summed E-state index contributed by atoms with van der Waals surface area (Å²) in [5, 5.41) is 5.28. The number of primary amides is 1. The van der Waals surface area contributed by atoms with Crippen LogP contribution < -0.4 is 16.4 Å². The van der Waals surface area contributed by atoms with Gasteiger partial charge in [-0.15, -0.1) is 0 Å². The monoisotopic (exact) mass is 418 g/mol. The highest BCUT2D eigenvalue weighted by atomic mass is 19.1. The van der Waals surface area contributed by atoms with E-state index in [0.29, 0.717) is 12.8 Å². The van der Waals surface area contributed by atoms with Gasteiger partial charge in [-0.2, -0.15) is 0 Å². The van der Waals surface area contributed by atoms with Crippen molar-refractivity contribution in [3.05, 3.63) is 29.1 Å². The number of hydrogen-bond donors (Lipinski definition) is 3. The number of nitrogens with zero attached hydrogens (tertiary/aromatic N) is 1. The van der Waals surface area contributed by atoms with E-state index in [0.717, 1.165) is 17.4 Å². The molecule has 0 bridgehead atoms. The number of benzene rings is 1. The highest BCUT2D eigenvalue weighted by Gasteiger charge is 2.56. The zero-order valence-electron chi connectivity index (χ0n) is 17.6. The van der Waals surface area contributed by atoms with Gasteiger partial charge in [-0.1, -0.05) is 20.8 Å². The Balaban J connectivity index is 1.77. The molecule has 4 N–H and O–H groups in total. The molecule has 2 unspecified atom stereocenters. The van der Waals surface area contributed by atoms with Crippen LogP contribution in [0.5, 0.6) is 0 Å². The summed E-state index contributed by atoms with van der Waals surface area (Å²) >= 11 is 0. The maximum absolute atomic E-state index is 14.0. The fourth-order valence-corrected chi connectivity index (χ4v) is 4.93. The molecular weight excluding hydrogens is 391 g/mol. The van der Waals surface area contributed by atoms with Crippen LogP contribution in [0.4, 0.5) is 14.9 Å². The molecule has 1 aliphatic heterocycles. The number of nitrogens with one attached hydrogen (secondary N) is 2. The summed E-state index contributed by atoms with van der Waals surface area (Å²) in [6.07, 6.45) is 1.96. The van der Waals surface area contributed by atoms with Gasteiger partial charge < -0.3 is 16.4 Å². The van der Waals surface area contributed by atoms with Crippen LogP contribution in [-0.2, 0) is 9.59 Å². The number of amides is 5. The first-order chi connectivity index (χ1) is 13.8. The van der Waals surface area contributed by atoms with Gasteiger partial charge in [-0.25, -0.2) is 9.18 Å². The molecule has 8 nitrogen and oxygen atoms in total. The Kier molecular flexibility index (Phi) is 5.34. The molecule has 2 fully saturated rings. The second-order valence-electron chi connectivity index (χ2n) is 9.30. The Hall–Kier alpha value is -2.97. The molecule has 1 aromatic rings. The molecule has 30 heavy (non-hydrogen) atoms. The Labute approximate surface area is 174 Å². The zero-order valence-corrected chi connectivity index (χ0v) is 17.6. The lowest BCUT2D eigenvalue weighted by Gasteiger charge is -2.43. The van der Waals surface area contributed by atoms with Crippen LogP contribution in [0.25, 0.3) is 0 Å². The molecule has 1 aromatic carbocycles. The van der Waals surface area contributed by atoms with E-state index in [1.165, 1.54) is 13.0 Å². The van der Waals surface area contributed by atoms with Crippen LogP contribution in [0.2, 0.25) is 0 Å². The molecule has 2 aliphatic rings. The van der Waals surface area contributed by atoms with Crippen LogP contribution in [0.1, 0.15) is 56.0 Å². The second-order valence-corrected chi connectivity index (χ2v) is 9.30. The Morgan fingerprint density at radius 1 is 1.30 bits per heavy atom. The van der Waals surface area contributed by atoms with Crippen molar-refractivity contribution in [3.63, 3.8) is 0 Å². The quantitative estimate of drug-likeness (QED) is 0.650. The van der Waals surface area contributed by atoms with E-state index in [9.17, 15) is 23.6 Å². The molecule has 0 aromatic heterocycles. The predicted octanol–water partition coefficient (Wildman–Crippen LogP) is 2.31. The zero-order chi connectivity index (χ0) is 22.4. The van der Waals surface area contributed by atoms with E-state index in [4.69, 9.17) is 5.73 Å². The average molecular weight is 418 g/mol. The smallest absolute Gasteiger partial charge is 0.325 e. The fraction of sp³-hybridized carbons (Fsp3) is 0.524. The molecule has 162 valence electrons. The number of nitrogens with two attached hydrogens (primary N) is 1. The lowest BCUT2D eigenvalue weighted by molar-refractivity contribution is -0.136. The Bertz CT molecular complexity index is 945. The van der Waals surface area contributed by atoms with Crippen molar-refractivity contribution in [3.8, 4) is 0 Å². The minimum atomic E-state index is -1.01. The van der Waals surface area contributed by atoms with E-state index in [1.807, 2.05) is 6.92 Å². The first kappa shape index (κ1) is 21.7. The highest BCUT2D eigenvalue weighted by molar-refractivity contribution is 6.10. The normalized spacial score (nSPS) is 25.4.